The van der Waals surface area contributed by atoms with Crippen molar-refractivity contribution in [2.45, 2.75) is 31.7 Å². The summed E-state index contributed by atoms with van der Waals surface area (Å²) in [5.41, 5.74) is 4.60. The van der Waals surface area contributed by atoms with Crippen LogP contribution in [0.4, 0.5) is 11.6 Å². The summed E-state index contributed by atoms with van der Waals surface area (Å²) in [5, 5.41) is 11.0. The highest BCUT2D eigenvalue weighted by molar-refractivity contribution is 6.06. The van der Waals surface area contributed by atoms with E-state index in [4.69, 9.17) is 9.15 Å². The van der Waals surface area contributed by atoms with Gasteiger partial charge in [0.05, 0.1) is 18.7 Å². The van der Waals surface area contributed by atoms with Crippen molar-refractivity contribution in [2.75, 3.05) is 31.6 Å². The van der Waals surface area contributed by atoms with Gasteiger partial charge in [-0.15, -0.1) is 0 Å². The van der Waals surface area contributed by atoms with Crippen molar-refractivity contribution in [3.8, 4) is 0 Å². The fraction of sp³-hybridized carbons (Fsp3) is 0.333. The van der Waals surface area contributed by atoms with E-state index in [0.29, 0.717) is 12.1 Å². The van der Waals surface area contributed by atoms with Gasteiger partial charge in [-0.3, -0.25) is 19.8 Å². The number of piperidine rings is 1. The molecule has 186 valence electrons. The molecule has 0 radical (unpaired) electrons. The van der Waals surface area contributed by atoms with E-state index in [1.807, 2.05) is 31.2 Å². The molecule has 0 atom stereocenters. The van der Waals surface area contributed by atoms with Gasteiger partial charge >= 0.3 is 11.9 Å². The highest BCUT2D eigenvalue weighted by Gasteiger charge is 2.47. The number of amides is 1. The molecule has 1 saturated heterocycles. The number of nitro groups is 1. The van der Waals surface area contributed by atoms with E-state index in [1.165, 1.54) is 19.2 Å². The lowest BCUT2D eigenvalue weighted by molar-refractivity contribution is -0.402. The highest BCUT2D eigenvalue weighted by atomic mass is 16.6. The number of carbonyl (C=O) groups excluding carboxylic acids is 2. The fourth-order valence-corrected chi connectivity index (χ4v) is 5.33. The van der Waals surface area contributed by atoms with Crippen LogP contribution in [0.25, 0.3) is 0 Å². The number of esters is 1. The van der Waals surface area contributed by atoms with Crippen LogP contribution in [0.1, 0.15) is 50.4 Å². The van der Waals surface area contributed by atoms with Gasteiger partial charge in [0.2, 0.25) is 0 Å². The Morgan fingerprint density at radius 2 is 1.81 bits per heavy atom. The normalized spacial score (nSPS) is 16.7. The second kappa shape index (κ2) is 9.23. The van der Waals surface area contributed by atoms with Crippen LogP contribution in [0.5, 0.6) is 0 Å². The standard InChI is InChI=1S/C27H27N3O6/c1-18-3-8-22-21(15-18)27(17-29(22)25(31)23-9-10-24(36-23)30(33)34)11-13-28(14-12-27)16-19-4-6-20(7-5-19)26(32)35-2/h3-10,15H,11-14,16-17H2,1-2H3. The number of aryl methyl sites for hydroxylation is 1. The van der Waals surface area contributed by atoms with Gasteiger partial charge in [-0.1, -0.05) is 29.8 Å². The molecule has 3 heterocycles. The minimum Gasteiger partial charge on any atom is -0.465 e. The Balaban J connectivity index is 1.33. The average Bonchev–Trinajstić information content (AvgIpc) is 3.49. The minimum atomic E-state index is -0.641. The van der Waals surface area contributed by atoms with E-state index >= 15 is 0 Å². The monoisotopic (exact) mass is 489 g/mol. The first-order valence-electron chi connectivity index (χ1n) is 11.9. The topological polar surface area (TPSA) is 106 Å². The van der Waals surface area contributed by atoms with Crippen LogP contribution in [0, 0.1) is 17.0 Å². The number of anilines is 1. The van der Waals surface area contributed by atoms with Crippen molar-refractivity contribution in [1.29, 1.82) is 0 Å². The Hall–Kier alpha value is -3.98. The molecule has 1 amide bonds. The summed E-state index contributed by atoms with van der Waals surface area (Å²) in [6, 6.07) is 16.2. The van der Waals surface area contributed by atoms with Gasteiger partial charge in [0.15, 0.2) is 5.76 Å². The molecule has 0 N–H and O–H groups in total. The van der Waals surface area contributed by atoms with Crippen molar-refractivity contribution in [3.63, 3.8) is 0 Å². The van der Waals surface area contributed by atoms with Crippen LogP contribution >= 0.6 is 0 Å². The molecule has 0 unspecified atom stereocenters. The lowest BCUT2D eigenvalue weighted by Crippen LogP contribution is -2.45. The summed E-state index contributed by atoms with van der Waals surface area (Å²) >= 11 is 0. The molecular formula is C27H27N3O6. The Morgan fingerprint density at radius 3 is 2.44 bits per heavy atom. The maximum atomic E-state index is 13.3. The lowest BCUT2D eigenvalue weighted by atomic mass is 9.74. The SMILES string of the molecule is COC(=O)c1ccc(CN2CCC3(CC2)CN(C(=O)c2ccc([N+](=O)[O-])o2)c2ccc(C)cc23)cc1. The van der Waals surface area contributed by atoms with Gasteiger partial charge in [0.25, 0.3) is 5.91 Å². The molecule has 1 aromatic heterocycles. The lowest BCUT2D eigenvalue weighted by Gasteiger charge is -2.40. The average molecular weight is 490 g/mol. The first-order valence-corrected chi connectivity index (χ1v) is 11.9. The van der Waals surface area contributed by atoms with Crippen molar-refractivity contribution in [1.82, 2.24) is 4.90 Å². The van der Waals surface area contributed by atoms with Crippen LogP contribution in [0.3, 0.4) is 0 Å². The van der Waals surface area contributed by atoms with Crippen molar-refractivity contribution >= 4 is 23.4 Å². The Morgan fingerprint density at radius 1 is 1.08 bits per heavy atom. The summed E-state index contributed by atoms with van der Waals surface area (Å²) in [5.74, 6) is -1.18. The van der Waals surface area contributed by atoms with E-state index < -0.39 is 10.8 Å². The number of hydrogen-bond donors (Lipinski definition) is 0. The molecule has 1 fully saturated rings. The Bertz CT molecular complexity index is 1320. The zero-order chi connectivity index (χ0) is 25.4. The molecule has 9 heteroatoms. The summed E-state index contributed by atoms with van der Waals surface area (Å²) in [4.78, 5) is 39.5. The van der Waals surface area contributed by atoms with E-state index in [9.17, 15) is 19.7 Å². The van der Waals surface area contributed by atoms with E-state index in [2.05, 4.69) is 11.0 Å². The minimum absolute atomic E-state index is 0.0295. The molecule has 2 aliphatic heterocycles. The number of hydrogen-bond acceptors (Lipinski definition) is 7. The number of likely N-dealkylation sites (tertiary alicyclic amines) is 1. The maximum Gasteiger partial charge on any atom is 0.433 e. The van der Waals surface area contributed by atoms with Gasteiger partial charge < -0.3 is 14.1 Å². The molecule has 9 nitrogen and oxygen atoms in total. The molecule has 0 bridgehead atoms. The zero-order valence-electron chi connectivity index (χ0n) is 20.2. The number of benzene rings is 2. The Labute approximate surface area is 208 Å². The van der Waals surface area contributed by atoms with Crippen molar-refractivity contribution in [3.05, 3.63) is 92.7 Å². The second-order valence-electron chi connectivity index (χ2n) is 9.55. The summed E-state index contributed by atoms with van der Waals surface area (Å²) in [6.45, 7) is 5.06. The van der Waals surface area contributed by atoms with Crippen LogP contribution in [0.2, 0.25) is 0 Å². The fourth-order valence-electron chi connectivity index (χ4n) is 5.33. The number of fused-ring (bicyclic) bond motifs is 2. The Kier molecular flexibility index (Phi) is 6.09. The molecule has 1 spiro atoms. The number of furan rings is 1. The van der Waals surface area contributed by atoms with E-state index in [1.54, 1.807) is 17.0 Å². The third kappa shape index (κ3) is 4.26. The third-order valence-electron chi connectivity index (χ3n) is 7.30. The highest BCUT2D eigenvalue weighted by Crippen LogP contribution is 2.48. The van der Waals surface area contributed by atoms with E-state index in [-0.39, 0.29) is 23.1 Å². The molecule has 3 aromatic rings. The number of methoxy groups -OCH3 is 1. The third-order valence-corrected chi connectivity index (χ3v) is 7.30. The van der Waals surface area contributed by atoms with Crippen molar-refractivity contribution in [2.24, 2.45) is 0 Å². The molecule has 2 aliphatic rings. The summed E-state index contributed by atoms with van der Waals surface area (Å²) in [6.07, 6.45) is 1.76. The van der Waals surface area contributed by atoms with Gasteiger partial charge in [-0.2, -0.15) is 0 Å². The van der Waals surface area contributed by atoms with Gasteiger partial charge in [-0.25, -0.2) is 4.79 Å². The van der Waals surface area contributed by atoms with Crippen molar-refractivity contribution < 1.29 is 23.7 Å². The number of rotatable bonds is 5. The summed E-state index contributed by atoms with van der Waals surface area (Å²) in [7, 11) is 1.37. The van der Waals surface area contributed by atoms with Crippen LogP contribution in [0.15, 0.2) is 59.0 Å². The first-order chi connectivity index (χ1) is 17.3. The largest absolute Gasteiger partial charge is 0.465 e. The molecule has 0 saturated carbocycles. The molecule has 36 heavy (non-hydrogen) atoms. The first kappa shape index (κ1) is 23.7. The summed E-state index contributed by atoms with van der Waals surface area (Å²) < 4.78 is 9.99. The molecule has 2 aromatic carbocycles. The van der Waals surface area contributed by atoms with Crippen LogP contribution in [-0.2, 0) is 16.7 Å². The van der Waals surface area contributed by atoms with Gasteiger partial charge in [0, 0.05) is 24.2 Å². The second-order valence-corrected chi connectivity index (χ2v) is 9.55. The quantitative estimate of drug-likeness (QED) is 0.296. The smallest absolute Gasteiger partial charge is 0.433 e. The number of ether oxygens (including phenoxy) is 1. The van der Waals surface area contributed by atoms with E-state index in [0.717, 1.165) is 54.9 Å². The van der Waals surface area contributed by atoms with Crippen LogP contribution in [-0.4, -0.2) is 48.4 Å². The van der Waals surface area contributed by atoms with Crippen LogP contribution < -0.4 is 4.90 Å². The molecule has 0 aliphatic carbocycles. The maximum absolute atomic E-state index is 13.3. The zero-order valence-corrected chi connectivity index (χ0v) is 20.2. The van der Waals surface area contributed by atoms with Gasteiger partial charge in [-0.05, 0) is 68.2 Å². The van der Waals surface area contributed by atoms with Gasteiger partial charge in [0.1, 0.15) is 4.92 Å². The predicted molar refractivity (Wildman–Crippen MR) is 132 cm³/mol. The molecule has 5 rings (SSSR count). The molecular weight excluding hydrogens is 462 g/mol. The number of carbonyl (C=O) groups is 2. The predicted octanol–water partition coefficient (Wildman–Crippen LogP) is 4.48. The number of nitrogens with zero attached hydrogens (tertiary/aromatic N) is 3.